The third kappa shape index (κ3) is 5.09. The van der Waals surface area contributed by atoms with Gasteiger partial charge in [0.1, 0.15) is 17.3 Å². The van der Waals surface area contributed by atoms with E-state index in [1.165, 1.54) is 49.7 Å². The molecular weight excluding hydrogens is 408 g/mol. The van der Waals surface area contributed by atoms with Crippen molar-refractivity contribution >= 4 is 23.5 Å². The second kappa shape index (κ2) is 9.31. The summed E-state index contributed by atoms with van der Waals surface area (Å²) in [4.78, 5) is 33.0. The molecule has 0 aliphatic carbocycles. The quantitative estimate of drug-likeness (QED) is 0.330. The van der Waals surface area contributed by atoms with Crippen molar-refractivity contribution in [1.29, 1.82) is 0 Å². The molecule has 1 aromatic heterocycles. The summed E-state index contributed by atoms with van der Waals surface area (Å²) in [5.41, 5.74) is 2.65. The molecule has 31 heavy (non-hydrogen) atoms. The minimum Gasteiger partial charge on any atom is -0.496 e. The zero-order chi connectivity index (χ0) is 22.4. The largest absolute Gasteiger partial charge is 0.496 e. The van der Waals surface area contributed by atoms with Crippen LogP contribution in [0.2, 0.25) is 0 Å². The third-order valence-corrected chi connectivity index (χ3v) is 4.21. The van der Waals surface area contributed by atoms with Crippen molar-refractivity contribution in [3.63, 3.8) is 0 Å². The van der Waals surface area contributed by atoms with Gasteiger partial charge in [-0.05, 0) is 18.2 Å². The number of carbonyl (C=O) groups is 1. The Morgan fingerprint density at radius 3 is 2.61 bits per heavy atom. The molecule has 11 heteroatoms. The molecule has 0 atom stereocenters. The summed E-state index contributed by atoms with van der Waals surface area (Å²) >= 11 is 0. The number of nitro benzene ring substituents is 2. The molecule has 158 valence electrons. The molecule has 0 unspecified atom stereocenters. The van der Waals surface area contributed by atoms with E-state index < -0.39 is 15.8 Å². The third-order valence-electron chi connectivity index (χ3n) is 4.21. The number of ether oxygens (including phenoxy) is 1. The summed E-state index contributed by atoms with van der Waals surface area (Å²) in [6.07, 6.45) is 1.02. The molecule has 0 saturated carbocycles. The Balaban J connectivity index is 1.69. The van der Waals surface area contributed by atoms with Crippen molar-refractivity contribution in [3.8, 4) is 17.1 Å². The molecule has 0 fully saturated rings. The summed E-state index contributed by atoms with van der Waals surface area (Å²) in [5, 5.41) is 25.8. The fourth-order valence-electron chi connectivity index (χ4n) is 2.79. The van der Waals surface area contributed by atoms with E-state index in [0.29, 0.717) is 17.1 Å². The van der Waals surface area contributed by atoms with Gasteiger partial charge in [0.2, 0.25) is 5.91 Å². The van der Waals surface area contributed by atoms with Crippen LogP contribution in [-0.4, -0.2) is 29.1 Å². The summed E-state index contributed by atoms with van der Waals surface area (Å²) in [5.74, 6) is 0.432. The van der Waals surface area contributed by atoms with Crippen LogP contribution in [0.25, 0.3) is 11.3 Å². The smallest absolute Gasteiger partial charge is 0.273 e. The van der Waals surface area contributed by atoms with Gasteiger partial charge >= 0.3 is 0 Å². The van der Waals surface area contributed by atoms with Gasteiger partial charge in [0, 0.05) is 23.8 Å². The number of hydrogen-bond acceptors (Lipinski definition) is 8. The van der Waals surface area contributed by atoms with Gasteiger partial charge in [-0.25, -0.2) is 5.43 Å². The molecule has 11 nitrogen and oxygen atoms in total. The van der Waals surface area contributed by atoms with Crippen LogP contribution < -0.4 is 10.2 Å². The number of nitrogens with one attached hydrogen (secondary N) is 1. The normalized spacial score (nSPS) is 10.7. The number of furan rings is 1. The minimum atomic E-state index is -0.557. The first-order valence-electron chi connectivity index (χ1n) is 8.86. The lowest BCUT2D eigenvalue weighted by Gasteiger charge is -2.05. The van der Waals surface area contributed by atoms with Gasteiger partial charge in [-0.2, -0.15) is 5.10 Å². The number of non-ortho nitro benzene ring substituents is 1. The number of nitrogens with zero attached hydrogens (tertiary/aromatic N) is 3. The summed E-state index contributed by atoms with van der Waals surface area (Å²) in [7, 11) is 1.43. The standard InChI is InChI=1S/C20H16N4O7/c1-30-18-8-6-14(23(26)27)11-16(18)19-9-7-15(31-19)12-21-22-20(25)10-13-4-2-3-5-17(13)24(28)29/h2-9,11-12H,10H2,1H3,(H,22,25)/b21-12+. The number of hydrogen-bond donors (Lipinski definition) is 1. The monoisotopic (exact) mass is 424 g/mol. The molecular formula is C20H16N4O7. The van der Waals surface area contributed by atoms with Gasteiger partial charge in [0.15, 0.2) is 0 Å². The Hall–Kier alpha value is -4.54. The topological polar surface area (TPSA) is 150 Å². The SMILES string of the molecule is COc1ccc([N+](=O)[O-])cc1-c1ccc(/C=N/NC(=O)Cc2ccccc2[N+](=O)[O-])o1. The van der Waals surface area contributed by atoms with Crippen LogP contribution in [0.5, 0.6) is 5.75 Å². The average Bonchev–Trinajstić information content (AvgIpc) is 3.22. The van der Waals surface area contributed by atoms with Crippen molar-refractivity contribution in [2.24, 2.45) is 5.10 Å². The summed E-state index contributed by atoms with van der Waals surface area (Å²) < 4.78 is 10.8. The van der Waals surface area contributed by atoms with Crippen LogP contribution in [0.15, 0.2) is 64.1 Å². The number of nitro groups is 2. The molecule has 0 bridgehead atoms. The van der Waals surface area contributed by atoms with Crippen LogP contribution in [0.4, 0.5) is 11.4 Å². The first-order chi connectivity index (χ1) is 14.9. The molecule has 1 N–H and O–H groups in total. The Morgan fingerprint density at radius 2 is 1.90 bits per heavy atom. The van der Waals surface area contributed by atoms with Gasteiger partial charge in [-0.3, -0.25) is 25.0 Å². The Morgan fingerprint density at radius 1 is 1.13 bits per heavy atom. The van der Waals surface area contributed by atoms with Crippen LogP contribution >= 0.6 is 0 Å². The Kier molecular flexibility index (Phi) is 6.36. The first kappa shape index (κ1) is 21.2. The van der Waals surface area contributed by atoms with Gasteiger partial charge in [0.05, 0.1) is 35.2 Å². The maximum atomic E-state index is 12.0. The highest BCUT2D eigenvalue weighted by Gasteiger charge is 2.16. The van der Waals surface area contributed by atoms with Crippen molar-refractivity contribution < 1.29 is 23.8 Å². The van der Waals surface area contributed by atoms with Crippen molar-refractivity contribution in [1.82, 2.24) is 5.43 Å². The van der Waals surface area contributed by atoms with Crippen LogP contribution in [0.3, 0.4) is 0 Å². The van der Waals surface area contributed by atoms with Crippen LogP contribution in [0, 0.1) is 20.2 Å². The van der Waals surface area contributed by atoms with E-state index in [-0.39, 0.29) is 29.1 Å². The van der Waals surface area contributed by atoms with E-state index in [1.54, 1.807) is 18.2 Å². The lowest BCUT2D eigenvalue weighted by molar-refractivity contribution is -0.385. The fourth-order valence-corrected chi connectivity index (χ4v) is 2.79. The zero-order valence-electron chi connectivity index (χ0n) is 16.2. The lowest BCUT2D eigenvalue weighted by Crippen LogP contribution is -2.20. The number of hydrazone groups is 1. The number of rotatable bonds is 8. The number of amides is 1. The van der Waals surface area contributed by atoms with E-state index in [2.05, 4.69) is 10.5 Å². The van der Waals surface area contributed by atoms with E-state index in [4.69, 9.17) is 9.15 Å². The Labute approximate surface area is 175 Å². The predicted octanol–water partition coefficient (Wildman–Crippen LogP) is 3.46. The second-order valence-electron chi connectivity index (χ2n) is 6.20. The maximum Gasteiger partial charge on any atom is 0.273 e. The molecule has 0 aliphatic heterocycles. The van der Waals surface area contributed by atoms with Gasteiger partial charge in [0.25, 0.3) is 11.4 Å². The van der Waals surface area contributed by atoms with E-state index in [9.17, 15) is 25.0 Å². The van der Waals surface area contributed by atoms with Crippen LogP contribution in [-0.2, 0) is 11.2 Å². The average molecular weight is 424 g/mol. The molecule has 0 aliphatic rings. The van der Waals surface area contributed by atoms with E-state index in [1.807, 2.05) is 0 Å². The summed E-state index contributed by atoms with van der Waals surface area (Å²) in [6, 6.07) is 13.2. The predicted molar refractivity (Wildman–Crippen MR) is 110 cm³/mol. The lowest BCUT2D eigenvalue weighted by atomic mass is 10.1. The zero-order valence-corrected chi connectivity index (χ0v) is 16.2. The van der Waals surface area contributed by atoms with Crippen molar-refractivity contribution in [2.75, 3.05) is 7.11 Å². The van der Waals surface area contributed by atoms with Crippen LogP contribution in [0.1, 0.15) is 11.3 Å². The highest BCUT2D eigenvalue weighted by molar-refractivity contribution is 5.83. The molecule has 0 spiro atoms. The summed E-state index contributed by atoms with van der Waals surface area (Å²) in [6.45, 7) is 0. The second-order valence-corrected chi connectivity index (χ2v) is 6.20. The molecule has 3 aromatic rings. The fraction of sp³-hybridized carbons (Fsp3) is 0.100. The Bertz CT molecular complexity index is 1170. The minimum absolute atomic E-state index is 0.121. The van der Waals surface area contributed by atoms with E-state index >= 15 is 0 Å². The molecule has 0 saturated heterocycles. The highest BCUT2D eigenvalue weighted by atomic mass is 16.6. The number of benzene rings is 2. The maximum absolute atomic E-state index is 12.0. The molecule has 1 heterocycles. The van der Waals surface area contributed by atoms with E-state index in [0.717, 1.165) is 0 Å². The molecule has 3 rings (SSSR count). The van der Waals surface area contributed by atoms with Gasteiger partial charge in [-0.15, -0.1) is 0 Å². The molecule has 2 aromatic carbocycles. The van der Waals surface area contributed by atoms with Gasteiger partial charge in [-0.1, -0.05) is 18.2 Å². The first-order valence-corrected chi connectivity index (χ1v) is 8.86. The van der Waals surface area contributed by atoms with Gasteiger partial charge < -0.3 is 9.15 Å². The number of carbonyl (C=O) groups excluding carboxylic acids is 1. The van der Waals surface area contributed by atoms with Crippen molar-refractivity contribution in [2.45, 2.75) is 6.42 Å². The van der Waals surface area contributed by atoms with Crippen molar-refractivity contribution in [3.05, 3.63) is 86.1 Å². The number of para-hydroxylation sites is 1. The number of methoxy groups -OCH3 is 1. The molecule has 0 radical (unpaired) electrons. The molecule has 1 amide bonds. The highest BCUT2D eigenvalue weighted by Crippen LogP contribution is 2.34.